The maximum Gasteiger partial charge on any atom is 0.147 e. The fourth-order valence-electron chi connectivity index (χ4n) is 4.21. The first-order chi connectivity index (χ1) is 22.6. The smallest absolute Gasteiger partial charge is 0.147 e. The average Bonchev–Trinajstić information content (AvgIpc) is 3.74. The van der Waals surface area contributed by atoms with Crippen molar-refractivity contribution in [2.24, 2.45) is 0 Å². The second-order valence-corrected chi connectivity index (χ2v) is 14.3. The maximum atomic E-state index is 14.1. The summed E-state index contributed by atoms with van der Waals surface area (Å²) < 4.78 is 43.4. The van der Waals surface area contributed by atoms with Crippen LogP contribution in [0.3, 0.4) is 0 Å². The number of H-pyrrole nitrogens is 1. The van der Waals surface area contributed by atoms with Crippen LogP contribution in [0.4, 0.5) is 8.78 Å². The lowest BCUT2D eigenvalue weighted by Crippen LogP contribution is -2.21. The van der Waals surface area contributed by atoms with E-state index in [1.165, 1.54) is 12.1 Å². The van der Waals surface area contributed by atoms with E-state index in [4.69, 9.17) is 9.47 Å². The topological polar surface area (TPSA) is 63.2 Å². The molecule has 250 valence electrons. The number of likely N-dealkylation sites (N-methyl/N-ethyl adjacent to an activating group) is 2. The van der Waals surface area contributed by atoms with E-state index in [9.17, 15) is 8.78 Å². The minimum atomic E-state index is -0.285. The number of hydrogen-bond donors (Lipinski definition) is 3. The molecule has 2 aromatic heterocycles. The molecule has 0 aliphatic heterocycles. The molecule has 4 aromatic carbocycles. The number of halogens is 7. The van der Waals surface area contributed by atoms with Crippen LogP contribution >= 0.6 is 86.3 Å². The van der Waals surface area contributed by atoms with Crippen LogP contribution in [0.25, 0.3) is 27.5 Å². The molecular formula is C34H33Br4F2IN4O2. The number of nitrogens with one attached hydrogen (secondary N) is 3. The van der Waals surface area contributed by atoms with Gasteiger partial charge in [-0.2, -0.15) is 0 Å². The molecule has 0 saturated heterocycles. The first kappa shape index (κ1) is 39.4. The number of aromatic amines is 1. The van der Waals surface area contributed by atoms with E-state index in [0.29, 0.717) is 15.0 Å². The molecule has 0 bridgehead atoms. The highest BCUT2D eigenvalue weighted by atomic mass is 127. The van der Waals surface area contributed by atoms with Gasteiger partial charge in [0.2, 0.25) is 0 Å². The summed E-state index contributed by atoms with van der Waals surface area (Å²) in [5.41, 5.74) is 2.34. The quantitative estimate of drug-likeness (QED) is 0.0884. The van der Waals surface area contributed by atoms with Gasteiger partial charge in [0.25, 0.3) is 0 Å². The van der Waals surface area contributed by atoms with E-state index in [2.05, 4.69) is 79.3 Å². The zero-order valence-corrected chi connectivity index (χ0v) is 34.4. The third-order valence-corrected chi connectivity index (χ3v) is 9.70. The van der Waals surface area contributed by atoms with Crippen molar-refractivity contribution in [1.82, 2.24) is 20.2 Å². The third kappa shape index (κ3) is 11.0. The van der Waals surface area contributed by atoms with Crippen molar-refractivity contribution >= 4 is 108 Å². The largest absolute Gasteiger partial charge is 0.495 e. The first-order valence-electron chi connectivity index (χ1n) is 14.0. The van der Waals surface area contributed by atoms with Gasteiger partial charge in [-0.25, -0.2) is 8.78 Å². The monoisotopic (exact) mass is 1010 g/mol. The zero-order valence-electron chi connectivity index (χ0n) is 25.9. The maximum absolute atomic E-state index is 14.1. The molecule has 0 saturated carbocycles. The molecule has 2 heterocycles. The van der Waals surface area contributed by atoms with Crippen molar-refractivity contribution in [2.75, 3.05) is 41.4 Å². The lowest BCUT2D eigenvalue weighted by molar-refractivity contribution is 0.418. The average molecular weight is 1010 g/mol. The van der Waals surface area contributed by atoms with Crippen LogP contribution in [0.5, 0.6) is 11.5 Å². The molecule has 6 rings (SSSR count). The summed E-state index contributed by atoms with van der Waals surface area (Å²) in [5.74, 6) is 1.12. The predicted octanol–water partition coefficient (Wildman–Crippen LogP) is 10.9. The van der Waals surface area contributed by atoms with Gasteiger partial charge in [-0.1, -0.05) is 63.7 Å². The van der Waals surface area contributed by atoms with Gasteiger partial charge in [0.15, 0.2) is 0 Å². The SMILES string of the molecule is CNCCNC.COc1ccc(Br)c2cc[nH]c12.COc1ccc(Br)c2ccn(-c3cc(Br)ccc3F)c12.Fc1ccc(Br)cc1I. The Morgan fingerprint density at radius 1 is 0.723 bits per heavy atom. The normalized spacial score (nSPS) is 10.4. The van der Waals surface area contributed by atoms with Gasteiger partial charge in [0, 0.05) is 57.7 Å². The van der Waals surface area contributed by atoms with Crippen LogP contribution in [0.1, 0.15) is 0 Å². The minimum Gasteiger partial charge on any atom is -0.495 e. The van der Waals surface area contributed by atoms with E-state index in [1.807, 2.05) is 85.5 Å². The van der Waals surface area contributed by atoms with Gasteiger partial charge < -0.3 is 29.7 Å². The summed E-state index contributed by atoms with van der Waals surface area (Å²) in [6.45, 7) is 2.10. The van der Waals surface area contributed by atoms with Crippen LogP contribution in [-0.4, -0.2) is 51.0 Å². The molecule has 0 aliphatic carbocycles. The van der Waals surface area contributed by atoms with Crippen molar-refractivity contribution in [3.8, 4) is 17.2 Å². The van der Waals surface area contributed by atoms with Gasteiger partial charge >= 0.3 is 0 Å². The molecule has 0 atom stereocenters. The summed E-state index contributed by atoms with van der Waals surface area (Å²) in [6, 6.07) is 21.4. The van der Waals surface area contributed by atoms with Crippen LogP contribution in [-0.2, 0) is 0 Å². The van der Waals surface area contributed by atoms with Gasteiger partial charge in [0.05, 0.1) is 30.9 Å². The lowest BCUT2D eigenvalue weighted by atomic mass is 10.2. The van der Waals surface area contributed by atoms with Crippen molar-refractivity contribution in [3.05, 3.63) is 118 Å². The second kappa shape index (κ2) is 19.9. The Kier molecular flexibility index (Phi) is 16.7. The number of aromatic nitrogens is 2. The number of benzene rings is 4. The first-order valence-corrected chi connectivity index (χ1v) is 18.3. The van der Waals surface area contributed by atoms with Crippen molar-refractivity contribution in [1.29, 1.82) is 0 Å². The zero-order chi connectivity index (χ0) is 34.5. The summed E-state index contributed by atoms with van der Waals surface area (Å²) in [4.78, 5) is 3.12. The number of nitrogens with zero attached hydrogens (tertiary/aromatic N) is 1. The third-order valence-electron chi connectivity index (χ3n) is 6.50. The number of ether oxygens (including phenoxy) is 2. The Morgan fingerprint density at radius 3 is 1.87 bits per heavy atom. The molecule has 13 heteroatoms. The molecule has 0 spiro atoms. The molecule has 0 radical (unpaired) electrons. The van der Waals surface area contributed by atoms with Crippen LogP contribution in [0.15, 0.2) is 103 Å². The summed E-state index contributed by atoms with van der Waals surface area (Å²) in [5, 5.41) is 8.14. The van der Waals surface area contributed by atoms with Crippen molar-refractivity contribution < 1.29 is 18.3 Å². The Hall–Kier alpha value is -2.01. The molecule has 0 aliphatic rings. The fraction of sp³-hybridized carbons (Fsp3) is 0.176. The molecule has 47 heavy (non-hydrogen) atoms. The van der Waals surface area contributed by atoms with Gasteiger partial charge in [0.1, 0.15) is 23.1 Å². The number of hydrogen-bond acceptors (Lipinski definition) is 4. The Morgan fingerprint density at radius 2 is 1.30 bits per heavy atom. The summed E-state index contributed by atoms with van der Waals surface area (Å²) in [6.07, 6.45) is 3.74. The van der Waals surface area contributed by atoms with Gasteiger partial charge in [-0.15, -0.1) is 0 Å². The van der Waals surface area contributed by atoms with E-state index in [1.54, 1.807) is 43.1 Å². The summed E-state index contributed by atoms with van der Waals surface area (Å²) in [7, 11) is 7.16. The Balaban J connectivity index is 0.000000189. The molecule has 6 nitrogen and oxygen atoms in total. The summed E-state index contributed by atoms with van der Waals surface area (Å²) >= 11 is 15.5. The highest BCUT2D eigenvalue weighted by Crippen LogP contribution is 2.35. The minimum absolute atomic E-state index is 0.168. The molecule has 0 unspecified atom stereocenters. The van der Waals surface area contributed by atoms with Crippen molar-refractivity contribution in [3.63, 3.8) is 0 Å². The molecule has 0 fully saturated rings. The molecule has 3 N–H and O–H groups in total. The molecule has 6 aromatic rings. The number of rotatable bonds is 6. The van der Waals surface area contributed by atoms with E-state index >= 15 is 0 Å². The predicted molar refractivity (Wildman–Crippen MR) is 212 cm³/mol. The highest BCUT2D eigenvalue weighted by Gasteiger charge is 2.14. The number of fused-ring (bicyclic) bond motifs is 2. The van der Waals surface area contributed by atoms with Gasteiger partial charge in [-0.3, -0.25) is 0 Å². The Labute approximate surface area is 320 Å². The fourth-order valence-corrected chi connectivity index (χ4v) is 6.78. The second-order valence-electron chi connectivity index (χ2n) is 9.57. The van der Waals surface area contributed by atoms with E-state index < -0.39 is 0 Å². The lowest BCUT2D eigenvalue weighted by Gasteiger charge is -2.11. The number of methoxy groups -OCH3 is 2. The Bertz CT molecular complexity index is 1900. The highest BCUT2D eigenvalue weighted by molar-refractivity contribution is 14.1. The van der Waals surface area contributed by atoms with Crippen molar-refractivity contribution in [2.45, 2.75) is 0 Å². The van der Waals surface area contributed by atoms with E-state index in [0.717, 1.165) is 58.5 Å². The van der Waals surface area contributed by atoms with E-state index in [-0.39, 0.29) is 11.6 Å². The van der Waals surface area contributed by atoms with Gasteiger partial charge in [-0.05, 0) is 109 Å². The molecule has 0 amide bonds. The van der Waals surface area contributed by atoms with Crippen LogP contribution < -0.4 is 20.1 Å². The van der Waals surface area contributed by atoms with Crippen LogP contribution in [0.2, 0.25) is 0 Å². The standard InChI is InChI=1S/C15H10Br2FNO.C9H8BrNO.C6H3BrFI.C4H12N2/c1-20-14-5-3-11(17)10-6-7-19(15(10)14)13-8-9(16)2-4-12(13)18;1-12-8-3-2-7(10)6-4-5-11-9(6)8;7-4-1-2-5(8)6(9)3-4;1-5-3-4-6-2/h2-8H,1H3;2-5,11H,1H3;1-3H;5-6H,3-4H2,1-2H3. The molecular weight excluding hydrogens is 981 g/mol. The van der Waals surface area contributed by atoms with Crippen LogP contribution in [0, 0.1) is 15.2 Å².